The molecule has 0 aliphatic carbocycles. The highest BCUT2D eigenvalue weighted by molar-refractivity contribution is 5.79. The minimum atomic E-state index is -4.65. The Bertz CT molecular complexity index is 1040. The number of hydrogen-bond acceptors (Lipinski definition) is 4. The number of aromatic nitrogens is 4. The molecule has 3 aromatic rings. The van der Waals surface area contributed by atoms with Crippen LogP contribution >= 0.6 is 0 Å². The SMILES string of the molecule is Cc1ccccc1CN(C)C(=O)Cc1c(C)nc2nc(C(F)(F)F)nn2c1C. The van der Waals surface area contributed by atoms with Crippen molar-refractivity contribution in [1.29, 1.82) is 0 Å². The van der Waals surface area contributed by atoms with Crippen LogP contribution in [0.25, 0.3) is 5.78 Å². The molecule has 6 nitrogen and oxygen atoms in total. The topological polar surface area (TPSA) is 63.4 Å². The van der Waals surface area contributed by atoms with Crippen LogP contribution in [0.15, 0.2) is 24.3 Å². The van der Waals surface area contributed by atoms with E-state index in [1.807, 2.05) is 31.2 Å². The average Bonchev–Trinajstić information content (AvgIpc) is 3.04. The Morgan fingerprint density at radius 3 is 2.46 bits per heavy atom. The number of benzene rings is 1. The highest BCUT2D eigenvalue weighted by atomic mass is 19.4. The molecule has 1 amide bonds. The number of aryl methyl sites for hydroxylation is 3. The van der Waals surface area contributed by atoms with Crippen LogP contribution in [0, 0.1) is 20.8 Å². The first-order valence-corrected chi connectivity index (χ1v) is 8.66. The Labute approximate surface area is 160 Å². The maximum atomic E-state index is 12.9. The Hall–Kier alpha value is -2.97. The van der Waals surface area contributed by atoms with Crippen molar-refractivity contribution in [2.75, 3.05) is 7.05 Å². The molecule has 0 N–H and O–H groups in total. The highest BCUT2D eigenvalue weighted by Gasteiger charge is 2.37. The van der Waals surface area contributed by atoms with Gasteiger partial charge in [0.2, 0.25) is 5.91 Å². The molecule has 148 valence electrons. The third kappa shape index (κ3) is 3.83. The lowest BCUT2D eigenvalue weighted by molar-refractivity contribution is -0.144. The van der Waals surface area contributed by atoms with Crippen molar-refractivity contribution in [2.45, 2.75) is 39.9 Å². The summed E-state index contributed by atoms with van der Waals surface area (Å²) in [6.45, 7) is 5.68. The van der Waals surface area contributed by atoms with Crippen LogP contribution in [-0.2, 0) is 23.9 Å². The Morgan fingerprint density at radius 1 is 1.14 bits per heavy atom. The molecule has 0 saturated carbocycles. The van der Waals surface area contributed by atoms with Crippen molar-refractivity contribution in [3.63, 3.8) is 0 Å². The molecule has 0 unspecified atom stereocenters. The third-order valence-electron chi connectivity index (χ3n) is 4.73. The van der Waals surface area contributed by atoms with Gasteiger partial charge < -0.3 is 4.90 Å². The van der Waals surface area contributed by atoms with Gasteiger partial charge in [0, 0.05) is 30.5 Å². The second-order valence-electron chi connectivity index (χ2n) is 6.76. The first-order chi connectivity index (χ1) is 13.1. The number of alkyl halides is 3. The molecule has 0 radical (unpaired) electrons. The van der Waals surface area contributed by atoms with E-state index in [2.05, 4.69) is 15.1 Å². The van der Waals surface area contributed by atoms with Gasteiger partial charge in [-0.05, 0) is 31.9 Å². The number of rotatable bonds is 4. The van der Waals surface area contributed by atoms with E-state index in [4.69, 9.17) is 0 Å². The second kappa shape index (κ2) is 7.21. The highest BCUT2D eigenvalue weighted by Crippen LogP contribution is 2.27. The number of hydrogen-bond donors (Lipinski definition) is 0. The summed E-state index contributed by atoms with van der Waals surface area (Å²) in [5.41, 5.74) is 3.55. The summed E-state index contributed by atoms with van der Waals surface area (Å²) in [6, 6.07) is 7.78. The summed E-state index contributed by atoms with van der Waals surface area (Å²) in [4.78, 5) is 21.8. The molecule has 0 saturated heterocycles. The van der Waals surface area contributed by atoms with Crippen molar-refractivity contribution >= 4 is 11.7 Å². The van der Waals surface area contributed by atoms with E-state index in [1.165, 1.54) is 0 Å². The standard InChI is InChI=1S/C19H20F3N5O/c1-11-7-5-6-8-14(11)10-26(4)16(28)9-15-12(2)23-18-24-17(19(20,21)22)25-27(18)13(15)3/h5-8H,9-10H2,1-4H3. The average molecular weight is 391 g/mol. The monoisotopic (exact) mass is 391 g/mol. The number of amides is 1. The molecule has 1 aromatic carbocycles. The molecule has 3 rings (SSSR count). The van der Waals surface area contributed by atoms with E-state index in [0.717, 1.165) is 15.6 Å². The van der Waals surface area contributed by atoms with Gasteiger partial charge in [-0.15, -0.1) is 5.10 Å². The van der Waals surface area contributed by atoms with E-state index in [1.54, 1.807) is 25.8 Å². The van der Waals surface area contributed by atoms with E-state index >= 15 is 0 Å². The van der Waals surface area contributed by atoms with Gasteiger partial charge in [-0.25, -0.2) is 9.50 Å². The van der Waals surface area contributed by atoms with Gasteiger partial charge in [0.1, 0.15) is 0 Å². The van der Waals surface area contributed by atoms with Crippen LogP contribution in [0.2, 0.25) is 0 Å². The lowest BCUT2D eigenvalue weighted by Crippen LogP contribution is -2.29. The van der Waals surface area contributed by atoms with Crippen LogP contribution in [0.5, 0.6) is 0 Å². The van der Waals surface area contributed by atoms with Crippen molar-refractivity contribution < 1.29 is 18.0 Å². The van der Waals surface area contributed by atoms with Gasteiger partial charge in [0.05, 0.1) is 6.42 Å². The van der Waals surface area contributed by atoms with Crippen LogP contribution < -0.4 is 0 Å². The molecular formula is C19H20F3N5O. The molecule has 0 aliphatic rings. The third-order valence-corrected chi connectivity index (χ3v) is 4.73. The normalized spacial score (nSPS) is 11.8. The van der Waals surface area contributed by atoms with Crippen molar-refractivity contribution in [1.82, 2.24) is 24.5 Å². The van der Waals surface area contributed by atoms with Gasteiger partial charge in [-0.1, -0.05) is 24.3 Å². The second-order valence-corrected chi connectivity index (χ2v) is 6.76. The minimum Gasteiger partial charge on any atom is -0.341 e. The van der Waals surface area contributed by atoms with Crippen molar-refractivity contribution in [3.05, 3.63) is 58.2 Å². The summed E-state index contributed by atoms with van der Waals surface area (Å²) in [5, 5.41) is 3.51. The Balaban J connectivity index is 1.87. The maximum Gasteiger partial charge on any atom is 0.453 e. The molecule has 2 heterocycles. The quantitative estimate of drug-likeness (QED) is 0.685. The molecule has 9 heteroatoms. The van der Waals surface area contributed by atoms with E-state index in [9.17, 15) is 18.0 Å². The molecular weight excluding hydrogens is 371 g/mol. The number of likely N-dealkylation sites (N-methyl/N-ethyl adjacent to an activating group) is 1. The minimum absolute atomic E-state index is 0.0181. The first kappa shape index (κ1) is 19.8. The van der Waals surface area contributed by atoms with Gasteiger partial charge in [0.25, 0.3) is 11.6 Å². The lowest BCUT2D eigenvalue weighted by Gasteiger charge is -2.19. The smallest absolute Gasteiger partial charge is 0.341 e. The molecule has 0 bridgehead atoms. The molecule has 0 spiro atoms. The predicted molar refractivity (Wildman–Crippen MR) is 96.6 cm³/mol. The van der Waals surface area contributed by atoms with Gasteiger partial charge in [-0.3, -0.25) is 4.79 Å². The van der Waals surface area contributed by atoms with E-state index in [-0.39, 0.29) is 18.1 Å². The van der Waals surface area contributed by atoms with Crippen molar-refractivity contribution in [3.8, 4) is 0 Å². The van der Waals surface area contributed by atoms with Gasteiger partial charge >= 0.3 is 6.18 Å². The Morgan fingerprint density at radius 2 is 1.82 bits per heavy atom. The first-order valence-electron chi connectivity index (χ1n) is 8.66. The number of halogens is 3. The van der Waals surface area contributed by atoms with E-state index < -0.39 is 12.0 Å². The lowest BCUT2D eigenvalue weighted by atomic mass is 10.1. The molecule has 0 fully saturated rings. The zero-order chi connectivity index (χ0) is 20.6. The fourth-order valence-electron chi connectivity index (χ4n) is 3.00. The van der Waals surface area contributed by atoms with Crippen LogP contribution in [0.3, 0.4) is 0 Å². The summed E-state index contributed by atoms with van der Waals surface area (Å²) >= 11 is 0. The zero-order valence-electron chi connectivity index (χ0n) is 16.0. The molecule has 2 aromatic heterocycles. The maximum absolute atomic E-state index is 12.9. The number of fused-ring (bicyclic) bond motifs is 1. The van der Waals surface area contributed by atoms with Gasteiger partial charge in [0.15, 0.2) is 0 Å². The molecule has 0 atom stereocenters. The zero-order valence-corrected chi connectivity index (χ0v) is 16.0. The predicted octanol–water partition coefficient (Wildman–Crippen LogP) is 3.27. The summed E-state index contributed by atoms with van der Waals surface area (Å²) < 4.78 is 39.7. The summed E-state index contributed by atoms with van der Waals surface area (Å²) in [5.74, 6) is -1.54. The summed E-state index contributed by atoms with van der Waals surface area (Å²) in [6.07, 6.45) is -4.64. The Kier molecular flexibility index (Phi) is 5.10. The van der Waals surface area contributed by atoms with Crippen molar-refractivity contribution in [2.24, 2.45) is 0 Å². The summed E-state index contributed by atoms with van der Waals surface area (Å²) in [7, 11) is 1.70. The number of carbonyl (C=O) groups excluding carboxylic acids is 1. The molecule has 28 heavy (non-hydrogen) atoms. The van der Waals surface area contributed by atoms with Crippen LogP contribution in [0.4, 0.5) is 13.2 Å². The fourth-order valence-corrected chi connectivity index (χ4v) is 3.00. The fraction of sp³-hybridized carbons (Fsp3) is 0.368. The number of carbonyl (C=O) groups is 1. The van der Waals surface area contributed by atoms with Gasteiger partial charge in [-0.2, -0.15) is 18.2 Å². The number of nitrogens with zero attached hydrogens (tertiary/aromatic N) is 5. The van der Waals surface area contributed by atoms with E-state index in [0.29, 0.717) is 23.5 Å². The van der Waals surface area contributed by atoms with Crippen LogP contribution in [0.1, 0.15) is 33.9 Å². The molecule has 0 aliphatic heterocycles. The largest absolute Gasteiger partial charge is 0.453 e. The van der Waals surface area contributed by atoms with Crippen LogP contribution in [-0.4, -0.2) is 37.4 Å².